The molecule has 38 heavy (non-hydrogen) atoms. The maximum absolute atomic E-state index is 14.9. The summed E-state index contributed by atoms with van der Waals surface area (Å²) in [6.07, 6.45) is 9.61. The zero-order chi connectivity index (χ0) is 27.1. The first-order chi connectivity index (χ1) is 18.4. The summed E-state index contributed by atoms with van der Waals surface area (Å²) in [6, 6.07) is 17.1. The summed E-state index contributed by atoms with van der Waals surface area (Å²) in [4.78, 5) is 12.6. The Morgan fingerprint density at radius 2 is 1.63 bits per heavy atom. The Hall–Kier alpha value is -3.34. The number of allylic oxidation sites excluding steroid dienone is 2. The van der Waals surface area contributed by atoms with Crippen LogP contribution in [0.3, 0.4) is 0 Å². The van der Waals surface area contributed by atoms with Crippen LogP contribution in [0.4, 0.5) is 13.2 Å². The molecule has 0 amide bonds. The van der Waals surface area contributed by atoms with Crippen LogP contribution in [0.15, 0.2) is 72.8 Å². The molecular weight excluding hydrogens is 485 g/mol. The number of hydrogen-bond donors (Lipinski definition) is 0. The quantitative estimate of drug-likeness (QED) is 0.160. The van der Waals surface area contributed by atoms with Crippen molar-refractivity contribution in [2.45, 2.75) is 70.6 Å². The van der Waals surface area contributed by atoms with E-state index in [1.165, 1.54) is 17.7 Å². The Morgan fingerprint density at radius 1 is 0.947 bits per heavy atom. The number of carbonyl (C=O) groups excluding carboxylic acids is 1. The lowest BCUT2D eigenvalue weighted by Crippen LogP contribution is -2.16. The fraction of sp³-hybridized carbons (Fsp3) is 0.364. The van der Waals surface area contributed by atoms with Crippen molar-refractivity contribution in [1.82, 2.24) is 0 Å². The van der Waals surface area contributed by atoms with Gasteiger partial charge in [0.2, 0.25) is 0 Å². The Balaban J connectivity index is 1.34. The van der Waals surface area contributed by atoms with E-state index in [9.17, 15) is 18.0 Å². The molecule has 4 rings (SSSR count). The lowest BCUT2D eigenvalue weighted by Gasteiger charge is -2.30. The Morgan fingerprint density at radius 3 is 2.26 bits per heavy atom. The predicted octanol–water partition coefficient (Wildman–Crippen LogP) is 9.30. The lowest BCUT2D eigenvalue weighted by molar-refractivity contribution is 0.0729. The van der Waals surface area contributed by atoms with Crippen LogP contribution in [-0.4, -0.2) is 5.97 Å². The van der Waals surface area contributed by atoms with E-state index in [0.29, 0.717) is 18.3 Å². The minimum atomic E-state index is -0.979. The Labute approximate surface area is 223 Å². The fourth-order valence-corrected chi connectivity index (χ4v) is 5.53. The van der Waals surface area contributed by atoms with E-state index in [-0.39, 0.29) is 29.2 Å². The number of rotatable bonds is 9. The van der Waals surface area contributed by atoms with Crippen LogP contribution in [-0.2, 0) is 6.42 Å². The number of esters is 1. The highest BCUT2D eigenvalue weighted by Crippen LogP contribution is 2.40. The van der Waals surface area contributed by atoms with E-state index >= 15 is 0 Å². The number of carbonyl (C=O) groups is 1. The average Bonchev–Trinajstić information content (AvgIpc) is 2.91. The van der Waals surface area contributed by atoms with Crippen molar-refractivity contribution < 1.29 is 22.7 Å². The van der Waals surface area contributed by atoms with Gasteiger partial charge >= 0.3 is 5.97 Å². The van der Waals surface area contributed by atoms with Gasteiger partial charge in [-0.05, 0) is 92.9 Å². The van der Waals surface area contributed by atoms with Gasteiger partial charge in [0.15, 0.2) is 0 Å². The van der Waals surface area contributed by atoms with Gasteiger partial charge in [-0.15, -0.1) is 0 Å². The van der Waals surface area contributed by atoms with E-state index in [1.54, 1.807) is 6.07 Å². The summed E-state index contributed by atoms with van der Waals surface area (Å²) in [5, 5.41) is 0. The SMILES string of the molecule is C/C=C/CCc1c(F)cc(OC(=O)c2ccc(C3CCC(C[C@H](C)c4ccccc4)CC3)cc2F)cc1F. The van der Waals surface area contributed by atoms with Gasteiger partial charge in [-0.3, -0.25) is 0 Å². The maximum Gasteiger partial charge on any atom is 0.346 e. The lowest BCUT2D eigenvalue weighted by atomic mass is 9.75. The molecule has 0 N–H and O–H groups in total. The van der Waals surface area contributed by atoms with E-state index in [0.717, 1.165) is 49.8 Å². The molecule has 0 saturated heterocycles. The summed E-state index contributed by atoms with van der Waals surface area (Å²) in [6.45, 7) is 4.11. The van der Waals surface area contributed by atoms with Crippen LogP contribution >= 0.6 is 0 Å². The van der Waals surface area contributed by atoms with E-state index in [1.807, 2.05) is 25.1 Å². The predicted molar refractivity (Wildman–Crippen MR) is 145 cm³/mol. The van der Waals surface area contributed by atoms with Gasteiger partial charge in [-0.25, -0.2) is 18.0 Å². The third-order valence-corrected chi connectivity index (χ3v) is 7.71. The van der Waals surface area contributed by atoms with Gasteiger partial charge in [0.05, 0.1) is 5.56 Å². The number of ether oxygens (including phenoxy) is 1. The largest absolute Gasteiger partial charge is 0.423 e. The first kappa shape index (κ1) is 27.7. The average molecular weight is 521 g/mol. The molecule has 0 radical (unpaired) electrons. The Kier molecular flexibility index (Phi) is 9.43. The second-order valence-electron chi connectivity index (χ2n) is 10.4. The van der Waals surface area contributed by atoms with Crippen LogP contribution in [0.2, 0.25) is 0 Å². The van der Waals surface area contributed by atoms with Gasteiger partial charge < -0.3 is 4.74 Å². The first-order valence-corrected chi connectivity index (χ1v) is 13.5. The van der Waals surface area contributed by atoms with E-state index in [2.05, 4.69) is 31.2 Å². The monoisotopic (exact) mass is 520 g/mol. The molecule has 0 spiro atoms. The molecule has 5 heteroatoms. The molecule has 0 unspecified atom stereocenters. The highest BCUT2D eigenvalue weighted by atomic mass is 19.1. The van der Waals surface area contributed by atoms with Crippen molar-refractivity contribution in [2.24, 2.45) is 5.92 Å². The molecule has 1 atom stereocenters. The van der Waals surface area contributed by atoms with E-state index in [4.69, 9.17) is 4.74 Å². The molecule has 0 bridgehead atoms. The van der Waals surface area contributed by atoms with Crippen molar-refractivity contribution >= 4 is 5.97 Å². The Bertz CT molecular complexity index is 1240. The third kappa shape index (κ3) is 6.94. The maximum atomic E-state index is 14.9. The normalized spacial score (nSPS) is 18.4. The van der Waals surface area contributed by atoms with Crippen molar-refractivity contribution in [1.29, 1.82) is 0 Å². The van der Waals surface area contributed by atoms with Crippen LogP contribution < -0.4 is 4.74 Å². The molecule has 3 aromatic rings. The summed E-state index contributed by atoms with van der Waals surface area (Å²) in [7, 11) is 0. The molecule has 1 aliphatic carbocycles. The van der Waals surface area contributed by atoms with Crippen molar-refractivity contribution in [3.63, 3.8) is 0 Å². The number of benzene rings is 3. The molecule has 0 aromatic heterocycles. The molecule has 1 saturated carbocycles. The molecular formula is C33H35F3O2. The van der Waals surface area contributed by atoms with Gasteiger partial charge in [-0.1, -0.05) is 55.5 Å². The topological polar surface area (TPSA) is 26.3 Å². The minimum absolute atomic E-state index is 0.0670. The molecule has 200 valence electrons. The van der Waals surface area contributed by atoms with Gasteiger partial charge in [0.1, 0.15) is 23.2 Å². The molecule has 2 nitrogen and oxygen atoms in total. The smallest absolute Gasteiger partial charge is 0.346 e. The minimum Gasteiger partial charge on any atom is -0.423 e. The third-order valence-electron chi connectivity index (χ3n) is 7.71. The molecule has 1 fully saturated rings. The van der Waals surface area contributed by atoms with Crippen LogP contribution in [0, 0.1) is 23.4 Å². The van der Waals surface area contributed by atoms with Crippen molar-refractivity contribution in [3.8, 4) is 5.75 Å². The summed E-state index contributed by atoms with van der Waals surface area (Å²) in [5.41, 5.74) is 1.92. The van der Waals surface area contributed by atoms with Crippen LogP contribution in [0.5, 0.6) is 5.75 Å². The summed E-state index contributed by atoms with van der Waals surface area (Å²) >= 11 is 0. The number of hydrogen-bond acceptors (Lipinski definition) is 2. The van der Waals surface area contributed by atoms with E-state index < -0.39 is 23.4 Å². The molecule has 1 aliphatic rings. The highest BCUT2D eigenvalue weighted by molar-refractivity contribution is 5.91. The molecule has 3 aromatic carbocycles. The standard InChI is InChI=1S/C33H35F3O2/c1-3-4-6-11-28-31(35)20-27(21-32(28)36)38-33(37)29-17-16-26(19-30(29)34)25-14-12-23(13-15-25)18-22(2)24-9-7-5-8-10-24/h3-5,7-10,16-17,19-23,25H,6,11-15,18H2,1-2H3/b4-3+/t22-,23?,25?/m0/s1. The second kappa shape index (κ2) is 12.9. The molecule has 0 heterocycles. The highest BCUT2D eigenvalue weighted by Gasteiger charge is 2.25. The van der Waals surface area contributed by atoms with Gasteiger partial charge in [-0.2, -0.15) is 0 Å². The first-order valence-electron chi connectivity index (χ1n) is 13.5. The van der Waals surface area contributed by atoms with Gasteiger partial charge in [0.25, 0.3) is 0 Å². The zero-order valence-corrected chi connectivity index (χ0v) is 22.1. The van der Waals surface area contributed by atoms with Gasteiger partial charge in [0, 0.05) is 17.7 Å². The second-order valence-corrected chi connectivity index (χ2v) is 10.4. The summed E-state index contributed by atoms with van der Waals surface area (Å²) in [5.74, 6) is -2.12. The van der Waals surface area contributed by atoms with Crippen molar-refractivity contribution in [3.05, 3.63) is 113 Å². The van der Waals surface area contributed by atoms with Crippen LogP contribution in [0.1, 0.15) is 91.3 Å². The summed E-state index contributed by atoms with van der Waals surface area (Å²) < 4.78 is 48.8. The molecule has 0 aliphatic heterocycles. The van der Waals surface area contributed by atoms with Crippen LogP contribution in [0.25, 0.3) is 0 Å². The fourth-order valence-electron chi connectivity index (χ4n) is 5.53. The number of halogens is 3. The van der Waals surface area contributed by atoms with Crippen molar-refractivity contribution in [2.75, 3.05) is 0 Å². The zero-order valence-electron chi connectivity index (χ0n) is 22.1.